The van der Waals surface area contributed by atoms with E-state index in [1.807, 2.05) is 42.7 Å². The molecule has 0 spiro atoms. The highest BCUT2D eigenvalue weighted by Crippen LogP contribution is 2.33. The summed E-state index contributed by atoms with van der Waals surface area (Å²) in [7, 11) is 0. The number of carbonyl (C=O) groups is 3. The summed E-state index contributed by atoms with van der Waals surface area (Å²) in [6, 6.07) is 7.49. The zero-order chi connectivity index (χ0) is 18.1. The Morgan fingerprint density at radius 2 is 2.08 bits per heavy atom. The first-order valence-corrected chi connectivity index (χ1v) is 8.27. The molecule has 0 radical (unpaired) electrons. The van der Waals surface area contributed by atoms with Crippen LogP contribution in [0, 0.1) is 13.8 Å². The van der Waals surface area contributed by atoms with Gasteiger partial charge in [0.1, 0.15) is 12.4 Å². The fourth-order valence-electron chi connectivity index (χ4n) is 2.69. The van der Waals surface area contributed by atoms with Gasteiger partial charge in [0.25, 0.3) is 11.1 Å². The van der Waals surface area contributed by atoms with Crippen molar-refractivity contribution in [2.45, 2.75) is 13.8 Å². The van der Waals surface area contributed by atoms with Crippen molar-refractivity contribution in [1.29, 1.82) is 0 Å². The highest BCUT2D eigenvalue weighted by molar-refractivity contribution is 8.18. The molecule has 3 heterocycles. The number of carbonyl (C=O) groups excluding carboxylic acids is 2. The number of nitrogens with zero attached hydrogens (tertiary/aromatic N) is 3. The van der Waals surface area contributed by atoms with Crippen LogP contribution in [0.3, 0.4) is 0 Å². The van der Waals surface area contributed by atoms with Gasteiger partial charge in [-0.25, -0.2) is 4.98 Å². The lowest BCUT2D eigenvalue weighted by molar-refractivity contribution is -0.140. The van der Waals surface area contributed by atoms with Crippen molar-refractivity contribution in [3.05, 3.63) is 52.3 Å². The van der Waals surface area contributed by atoms with Gasteiger partial charge in [-0.05, 0) is 55.4 Å². The largest absolute Gasteiger partial charge is 0.480 e. The van der Waals surface area contributed by atoms with Gasteiger partial charge < -0.3 is 9.67 Å². The molecule has 3 rings (SSSR count). The Morgan fingerprint density at radius 3 is 2.72 bits per heavy atom. The first kappa shape index (κ1) is 17.0. The van der Waals surface area contributed by atoms with Crippen LogP contribution in [0.2, 0.25) is 0 Å². The molecule has 1 saturated heterocycles. The highest BCUT2D eigenvalue weighted by atomic mass is 32.2. The maximum absolute atomic E-state index is 12.3. The minimum Gasteiger partial charge on any atom is -0.480 e. The van der Waals surface area contributed by atoms with E-state index >= 15 is 0 Å². The molecule has 2 aromatic rings. The van der Waals surface area contributed by atoms with Gasteiger partial charge in [-0.2, -0.15) is 0 Å². The average molecular weight is 357 g/mol. The second-order valence-corrected chi connectivity index (χ2v) is 6.50. The number of hydrogen-bond donors (Lipinski definition) is 1. The second-order valence-electron chi connectivity index (χ2n) is 5.51. The number of carboxylic acid groups (broad SMARTS) is 1. The number of imide groups is 1. The number of carboxylic acids is 1. The van der Waals surface area contributed by atoms with Crippen LogP contribution < -0.4 is 0 Å². The molecule has 0 saturated carbocycles. The monoisotopic (exact) mass is 357 g/mol. The topological polar surface area (TPSA) is 92.5 Å². The van der Waals surface area contributed by atoms with Crippen molar-refractivity contribution in [3.8, 4) is 5.82 Å². The average Bonchev–Trinajstić information content (AvgIpc) is 2.99. The Hall–Kier alpha value is -2.87. The van der Waals surface area contributed by atoms with Crippen LogP contribution in [0.15, 0.2) is 35.4 Å². The first-order chi connectivity index (χ1) is 11.9. The fourth-order valence-corrected chi connectivity index (χ4v) is 3.51. The van der Waals surface area contributed by atoms with Crippen molar-refractivity contribution in [2.75, 3.05) is 6.54 Å². The van der Waals surface area contributed by atoms with Gasteiger partial charge in [0.05, 0.1) is 4.91 Å². The van der Waals surface area contributed by atoms with Crippen LogP contribution >= 0.6 is 11.8 Å². The smallest absolute Gasteiger partial charge is 0.323 e. The minimum atomic E-state index is -1.23. The number of aryl methyl sites for hydroxylation is 1. The van der Waals surface area contributed by atoms with Gasteiger partial charge in [0.15, 0.2) is 0 Å². The highest BCUT2D eigenvalue weighted by Gasteiger charge is 2.36. The lowest BCUT2D eigenvalue weighted by Gasteiger charge is -2.08. The summed E-state index contributed by atoms with van der Waals surface area (Å²) < 4.78 is 1.95. The minimum absolute atomic E-state index is 0.215. The Labute approximate surface area is 148 Å². The molecule has 128 valence electrons. The van der Waals surface area contributed by atoms with E-state index in [2.05, 4.69) is 4.98 Å². The van der Waals surface area contributed by atoms with E-state index in [1.165, 1.54) is 0 Å². The van der Waals surface area contributed by atoms with Crippen LogP contribution in [0.4, 0.5) is 4.79 Å². The molecule has 1 N–H and O–H groups in total. The summed E-state index contributed by atoms with van der Waals surface area (Å²) >= 11 is 0.749. The standard InChI is InChI=1S/C17H15N3O4S/c1-10-7-12(11(2)20(10)14-5-3-4-6-18-14)8-13-16(23)19(9-15(21)22)17(24)25-13/h3-8H,9H2,1-2H3,(H,21,22). The molecule has 0 unspecified atom stereocenters. The van der Waals surface area contributed by atoms with Gasteiger partial charge in [-0.3, -0.25) is 19.3 Å². The van der Waals surface area contributed by atoms with E-state index in [9.17, 15) is 14.4 Å². The number of hydrogen-bond acceptors (Lipinski definition) is 5. The van der Waals surface area contributed by atoms with Gasteiger partial charge in [-0.1, -0.05) is 6.07 Å². The molecular weight excluding hydrogens is 342 g/mol. The van der Waals surface area contributed by atoms with Gasteiger partial charge in [-0.15, -0.1) is 0 Å². The SMILES string of the molecule is Cc1cc(C=C2SC(=O)N(CC(=O)O)C2=O)c(C)n1-c1ccccn1. The van der Waals surface area contributed by atoms with Crippen LogP contribution in [0.25, 0.3) is 11.9 Å². The van der Waals surface area contributed by atoms with Gasteiger partial charge in [0, 0.05) is 17.6 Å². The third-order valence-electron chi connectivity index (χ3n) is 3.80. The molecule has 7 nitrogen and oxygen atoms in total. The van der Waals surface area contributed by atoms with Gasteiger partial charge >= 0.3 is 5.97 Å². The molecule has 8 heteroatoms. The normalized spacial score (nSPS) is 16.1. The lowest BCUT2D eigenvalue weighted by Crippen LogP contribution is -2.33. The molecule has 0 atom stereocenters. The Kier molecular flexibility index (Phi) is 4.45. The molecule has 0 bridgehead atoms. The second kappa shape index (κ2) is 6.56. The maximum Gasteiger partial charge on any atom is 0.323 e. The molecule has 1 aliphatic heterocycles. The number of aromatic nitrogens is 2. The molecule has 2 aromatic heterocycles. The Morgan fingerprint density at radius 1 is 1.32 bits per heavy atom. The predicted octanol–water partition coefficient (Wildman–Crippen LogP) is 2.61. The van der Waals surface area contributed by atoms with Crippen LogP contribution in [0.5, 0.6) is 0 Å². The quantitative estimate of drug-likeness (QED) is 0.846. The van der Waals surface area contributed by atoms with E-state index in [4.69, 9.17) is 5.11 Å². The summed E-state index contributed by atoms with van der Waals surface area (Å²) in [5, 5.41) is 8.24. The van der Waals surface area contributed by atoms with Crippen molar-refractivity contribution in [2.24, 2.45) is 0 Å². The molecular formula is C17H15N3O4S. The number of rotatable bonds is 4. The maximum atomic E-state index is 12.3. The van der Waals surface area contributed by atoms with Crippen LogP contribution in [-0.2, 0) is 9.59 Å². The summed E-state index contributed by atoms with van der Waals surface area (Å²) in [4.78, 5) is 40.2. The summed E-state index contributed by atoms with van der Waals surface area (Å²) in [5.74, 6) is -1.05. The van der Waals surface area contributed by atoms with E-state index in [1.54, 1.807) is 12.3 Å². The molecule has 1 aliphatic rings. The molecule has 0 aliphatic carbocycles. The van der Waals surface area contributed by atoms with Crippen LogP contribution in [0.1, 0.15) is 17.0 Å². The van der Waals surface area contributed by atoms with Crippen LogP contribution in [-0.4, -0.2) is 43.2 Å². The fraction of sp³-hybridized carbons (Fsp3) is 0.176. The summed E-state index contributed by atoms with van der Waals surface area (Å²) in [6.07, 6.45) is 3.32. The Bertz CT molecular complexity index is 902. The first-order valence-electron chi connectivity index (χ1n) is 7.46. The number of amides is 2. The third-order valence-corrected chi connectivity index (χ3v) is 4.71. The van der Waals surface area contributed by atoms with E-state index in [0.717, 1.165) is 39.4 Å². The van der Waals surface area contributed by atoms with E-state index in [-0.39, 0.29) is 4.91 Å². The zero-order valence-corrected chi connectivity index (χ0v) is 14.4. The summed E-state index contributed by atoms with van der Waals surface area (Å²) in [6.45, 7) is 3.19. The van der Waals surface area contributed by atoms with Crippen molar-refractivity contribution >= 4 is 35.0 Å². The molecule has 2 amide bonds. The summed E-state index contributed by atoms with van der Waals surface area (Å²) in [5.41, 5.74) is 2.59. The molecule has 25 heavy (non-hydrogen) atoms. The number of pyridine rings is 1. The molecule has 1 fully saturated rings. The third kappa shape index (κ3) is 3.20. The zero-order valence-electron chi connectivity index (χ0n) is 13.6. The lowest BCUT2D eigenvalue weighted by atomic mass is 10.2. The number of thioether (sulfide) groups is 1. The molecule has 0 aromatic carbocycles. The Balaban J connectivity index is 1.97. The predicted molar refractivity (Wildman–Crippen MR) is 93.4 cm³/mol. The van der Waals surface area contributed by atoms with Gasteiger partial charge in [0.2, 0.25) is 0 Å². The van der Waals surface area contributed by atoms with E-state index < -0.39 is 23.7 Å². The number of aliphatic carboxylic acids is 1. The van der Waals surface area contributed by atoms with E-state index in [0.29, 0.717) is 0 Å². The van der Waals surface area contributed by atoms with Crippen molar-refractivity contribution < 1.29 is 19.5 Å². The van der Waals surface area contributed by atoms with Crippen molar-refractivity contribution in [1.82, 2.24) is 14.5 Å². The van der Waals surface area contributed by atoms with Crippen molar-refractivity contribution in [3.63, 3.8) is 0 Å².